The normalized spacial score (nSPS) is 17.3. The van der Waals surface area contributed by atoms with Gasteiger partial charge in [0.25, 0.3) is 5.56 Å². The summed E-state index contributed by atoms with van der Waals surface area (Å²) in [5.41, 5.74) is 0.382. The molecule has 1 atom stereocenters. The fraction of sp³-hybridized carbons (Fsp3) is 0.588. The third-order valence-corrected chi connectivity index (χ3v) is 3.91. The first-order valence-corrected chi connectivity index (χ1v) is 8.27. The van der Waals surface area contributed by atoms with E-state index in [1.165, 1.54) is 4.57 Å². The highest BCUT2D eigenvalue weighted by molar-refractivity contribution is 5.73. The highest BCUT2D eigenvalue weighted by Crippen LogP contribution is 2.15. The molecule has 1 saturated heterocycles. The minimum atomic E-state index is -0.306. The molecule has 0 aromatic carbocycles. The van der Waals surface area contributed by atoms with E-state index in [4.69, 9.17) is 4.74 Å². The second kappa shape index (κ2) is 7.55. The van der Waals surface area contributed by atoms with Crippen molar-refractivity contribution in [2.75, 3.05) is 13.2 Å². The fourth-order valence-electron chi connectivity index (χ4n) is 2.85. The Morgan fingerprint density at radius 1 is 1.35 bits per heavy atom. The quantitative estimate of drug-likeness (QED) is 0.870. The van der Waals surface area contributed by atoms with Gasteiger partial charge in [-0.3, -0.25) is 13.9 Å². The third-order valence-electron chi connectivity index (χ3n) is 3.91. The van der Waals surface area contributed by atoms with Crippen LogP contribution in [0, 0.1) is 5.92 Å². The van der Waals surface area contributed by atoms with E-state index in [1.807, 2.05) is 27.7 Å². The summed E-state index contributed by atoms with van der Waals surface area (Å²) in [6, 6.07) is 3.49. The second-order valence-electron chi connectivity index (χ2n) is 5.76. The van der Waals surface area contributed by atoms with Crippen molar-refractivity contribution in [3.05, 3.63) is 39.2 Å². The molecule has 1 unspecified atom stereocenters. The Hall–Kier alpha value is -1.95. The summed E-state index contributed by atoms with van der Waals surface area (Å²) in [6.07, 6.45) is 2.47. The minimum absolute atomic E-state index is 0.0316. The van der Waals surface area contributed by atoms with Gasteiger partial charge in [0.2, 0.25) is 0 Å². The van der Waals surface area contributed by atoms with Crippen molar-refractivity contribution in [2.45, 2.75) is 46.7 Å². The topological polar surface area (TPSA) is 66.1 Å². The smallest absolute Gasteiger partial charge is 0.331 e. The first kappa shape index (κ1) is 17.4. The number of fused-ring (bicyclic) bond motifs is 1. The Morgan fingerprint density at radius 3 is 2.70 bits per heavy atom. The van der Waals surface area contributed by atoms with Crippen molar-refractivity contribution in [3.63, 3.8) is 0 Å². The standard InChI is InChI=1S/C15H19N3O3.C2H6/c1-10(2)18-12-4-3-6-16-13(12)14(19)17(15(18)20)8-11-5-7-21-9-11;1-2/h3-4,6,10-11H,5,7-9H2,1-2H3;1-2H3. The van der Waals surface area contributed by atoms with E-state index in [2.05, 4.69) is 4.98 Å². The lowest BCUT2D eigenvalue weighted by Gasteiger charge is -2.17. The van der Waals surface area contributed by atoms with E-state index in [0.717, 1.165) is 6.42 Å². The van der Waals surface area contributed by atoms with E-state index in [9.17, 15) is 9.59 Å². The molecule has 3 rings (SSSR count). The number of ether oxygens (including phenoxy) is 1. The molecule has 0 saturated carbocycles. The zero-order chi connectivity index (χ0) is 17.0. The Kier molecular flexibility index (Phi) is 5.71. The van der Waals surface area contributed by atoms with E-state index in [-0.39, 0.29) is 23.2 Å². The van der Waals surface area contributed by atoms with Gasteiger partial charge < -0.3 is 4.74 Å². The molecule has 0 spiro atoms. The Labute approximate surface area is 135 Å². The molecule has 3 heterocycles. The van der Waals surface area contributed by atoms with Crippen LogP contribution in [-0.4, -0.2) is 27.3 Å². The summed E-state index contributed by atoms with van der Waals surface area (Å²) in [7, 11) is 0. The molecule has 0 aliphatic carbocycles. The average Bonchev–Trinajstić information content (AvgIpc) is 3.06. The molecule has 1 aliphatic heterocycles. The van der Waals surface area contributed by atoms with E-state index in [1.54, 1.807) is 22.9 Å². The largest absolute Gasteiger partial charge is 0.381 e. The second-order valence-corrected chi connectivity index (χ2v) is 5.76. The highest BCUT2D eigenvalue weighted by Gasteiger charge is 2.21. The molecule has 1 aliphatic rings. The molecule has 1 fully saturated rings. The van der Waals surface area contributed by atoms with Gasteiger partial charge in [-0.05, 0) is 32.4 Å². The monoisotopic (exact) mass is 319 g/mol. The van der Waals surface area contributed by atoms with Crippen LogP contribution in [0.25, 0.3) is 11.0 Å². The van der Waals surface area contributed by atoms with Gasteiger partial charge in [-0.2, -0.15) is 0 Å². The molecule has 6 heteroatoms. The molecule has 2 aromatic heterocycles. The van der Waals surface area contributed by atoms with Gasteiger partial charge in [0.15, 0.2) is 5.52 Å². The summed E-state index contributed by atoms with van der Waals surface area (Å²) in [6.45, 7) is 9.57. The molecule has 2 aromatic rings. The van der Waals surface area contributed by atoms with Gasteiger partial charge in [0, 0.05) is 31.3 Å². The van der Waals surface area contributed by atoms with Gasteiger partial charge in [-0.25, -0.2) is 9.78 Å². The first-order chi connectivity index (χ1) is 11.1. The van der Waals surface area contributed by atoms with Gasteiger partial charge in [0.1, 0.15) is 0 Å². The summed E-state index contributed by atoms with van der Waals surface area (Å²) in [5, 5.41) is 0. The van der Waals surface area contributed by atoms with Crippen LogP contribution >= 0.6 is 0 Å². The van der Waals surface area contributed by atoms with Crippen LogP contribution in [0.5, 0.6) is 0 Å². The number of aromatic nitrogens is 3. The van der Waals surface area contributed by atoms with Gasteiger partial charge in [-0.1, -0.05) is 13.8 Å². The van der Waals surface area contributed by atoms with Crippen LogP contribution in [0.3, 0.4) is 0 Å². The third kappa shape index (κ3) is 3.37. The van der Waals surface area contributed by atoms with Crippen LogP contribution in [0.4, 0.5) is 0 Å². The lowest BCUT2D eigenvalue weighted by Crippen LogP contribution is -2.42. The molecule has 0 N–H and O–H groups in total. The summed E-state index contributed by atoms with van der Waals surface area (Å²) in [4.78, 5) is 29.4. The van der Waals surface area contributed by atoms with Crippen LogP contribution in [0.1, 0.15) is 40.2 Å². The maximum absolute atomic E-state index is 12.7. The number of nitrogens with zero attached hydrogens (tertiary/aromatic N) is 3. The Bertz CT molecular complexity index is 771. The number of rotatable bonds is 3. The van der Waals surface area contributed by atoms with Crippen molar-refractivity contribution in [1.82, 2.24) is 14.1 Å². The maximum Gasteiger partial charge on any atom is 0.331 e. The maximum atomic E-state index is 12.7. The Balaban J connectivity index is 0.000000924. The summed E-state index contributed by atoms with van der Waals surface area (Å²) < 4.78 is 8.29. The van der Waals surface area contributed by atoms with Crippen molar-refractivity contribution in [3.8, 4) is 0 Å². The minimum Gasteiger partial charge on any atom is -0.381 e. The molecule has 6 nitrogen and oxygen atoms in total. The number of hydrogen-bond donors (Lipinski definition) is 0. The average molecular weight is 319 g/mol. The van der Waals surface area contributed by atoms with E-state index >= 15 is 0 Å². The molecular formula is C17H25N3O3. The molecule has 23 heavy (non-hydrogen) atoms. The van der Waals surface area contributed by atoms with Gasteiger partial charge in [-0.15, -0.1) is 0 Å². The van der Waals surface area contributed by atoms with Crippen molar-refractivity contribution >= 4 is 11.0 Å². The lowest BCUT2D eigenvalue weighted by atomic mass is 10.1. The molecule has 0 bridgehead atoms. The van der Waals surface area contributed by atoms with Crippen molar-refractivity contribution in [2.24, 2.45) is 5.92 Å². The lowest BCUT2D eigenvalue weighted by molar-refractivity contribution is 0.181. The zero-order valence-electron chi connectivity index (χ0n) is 14.3. The zero-order valence-corrected chi connectivity index (χ0v) is 14.3. The molecule has 126 valence electrons. The van der Waals surface area contributed by atoms with E-state index < -0.39 is 0 Å². The molecule has 0 amide bonds. The van der Waals surface area contributed by atoms with Crippen LogP contribution in [0.15, 0.2) is 27.9 Å². The van der Waals surface area contributed by atoms with Gasteiger partial charge >= 0.3 is 5.69 Å². The highest BCUT2D eigenvalue weighted by atomic mass is 16.5. The fourth-order valence-corrected chi connectivity index (χ4v) is 2.85. The van der Waals surface area contributed by atoms with Crippen LogP contribution < -0.4 is 11.2 Å². The number of hydrogen-bond acceptors (Lipinski definition) is 4. The number of pyridine rings is 1. The summed E-state index contributed by atoms with van der Waals surface area (Å²) in [5.74, 6) is 0.220. The first-order valence-electron chi connectivity index (χ1n) is 8.27. The predicted octanol–water partition coefficient (Wildman–Crippen LogP) is 2.20. The Morgan fingerprint density at radius 2 is 2.09 bits per heavy atom. The van der Waals surface area contributed by atoms with E-state index in [0.29, 0.717) is 30.8 Å². The predicted molar refractivity (Wildman–Crippen MR) is 90.9 cm³/mol. The van der Waals surface area contributed by atoms with Gasteiger partial charge in [0.05, 0.1) is 12.1 Å². The SMILES string of the molecule is CC.CC(C)n1c(=O)n(CC2CCOC2)c(=O)c2ncccc21. The van der Waals surface area contributed by atoms with Crippen LogP contribution in [-0.2, 0) is 11.3 Å². The summed E-state index contributed by atoms with van der Waals surface area (Å²) >= 11 is 0. The van der Waals surface area contributed by atoms with Crippen molar-refractivity contribution in [1.29, 1.82) is 0 Å². The van der Waals surface area contributed by atoms with Crippen LogP contribution in [0.2, 0.25) is 0 Å². The molecule has 0 radical (unpaired) electrons. The van der Waals surface area contributed by atoms with Crippen molar-refractivity contribution < 1.29 is 4.74 Å². The molecular weight excluding hydrogens is 294 g/mol.